The molecule has 9 heteroatoms. The molecule has 0 radical (unpaired) electrons. The molecule has 0 aliphatic rings. The monoisotopic (exact) mass is 344 g/mol. The predicted octanol–water partition coefficient (Wildman–Crippen LogP) is 4.16. The number of benzene rings is 1. The fraction of sp³-hybridized carbons (Fsp3) is 0.250. The highest BCUT2D eigenvalue weighted by Crippen LogP contribution is 2.40. The lowest BCUT2D eigenvalue weighted by Crippen LogP contribution is -2.12. The van der Waals surface area contributed by atoms with Crippen LogP contribution in [0.4, 0.5) is 17.6 Å². The normalized spacial score (nSPS) is 11.1. The van der Waals surface area contributed by atoms with E-state index in [1.54, 1.807) is 0 Å². The minimum absolute atomic E-state index is 0.129. The molecule has 0 unspecified atom stereocenters. The molecule has 0 saturated heterocycles. The van der Waals surface area contributed by atoms with E-state index in [-0.39, 0.29) is 16.3 Å². The summed E-state index contributed by atoms with van der Waals surface area (Å²) in [7, 11) is 2.09. The molecule has 0 aliphatic carbocycles. The first-order valence-electron chi connectivity index (χ1n) is 5.41. The molecular weight excluding hydrogens is 335 g/mol. The van der Waals surface area contributed by atoms with Crippen molar-refractivity contribution in [3.8, 4) is 11.3 Å². The maximum atomic E-state index is 13.7. The molecule has 0 saturated carbocycles. The van der Waals surface area contributed by atoms with Gasteiger partial charge in [-0.3, -0.25) is 4.68 Å². The van der Waals surface area contributed by atoms with E-state index in [1.807, 2.05) is 0 Å². The number of alkyl halides is 3. The number of aliphatic hydroxyl groups excluding tert-OH is 1. The largest absolute Gasteiger partial charge is 0.434 e. The van der Waals surface area contributed by atoms with Crippen molar-refractivity contribution in [2.45, 2.75) is 6.18 Å². The Morgan fingerprint density at radius 2 is 1.76 bits per heavy atom. The van der Waals surface area contributed by atoms with E-state index in [9.17, 15) is 17.6 Å². The molecule has 21 heavy (non-hydrogen) atoms. The van der Waals surface area contributed by atoms with Crippen LogP contribution >= 0.6 is 23.2 Å². The Kier molecular flexibility index (Phi) is 5.61. The summed E-state index contributed by atoms with van der Waals surface area (Å²) in [6, 6.07) is 3.55. The van der Waals surface area contributed by atoms with Gasteiger partial charge in [-0.2, -0.15) is 18.3 Å². The summed E-state index contributed by atoms with van der Waals surface area (Å²) >= 11 is 11.2. The zero-order valence-corrected chi connectivity index (χ0v) is 12.4. The zero-order chi connectivity index (χ0) is 16.4. The van der Waals surface area contributed by atoms with Crippen molar-refractivity contribution >= 4 is 23.2 Å². The van der Waals surface area contributed by atoms with E-state index in [2.05, 4.69) is 5.10 Å². The van der Waals surface area contributed by atoms with E-state index < -0.39 is 22.7 Å². The number of hydrogen-bond acceptors (Lipinski definition) is 2. The number of hydrogen-bond donors (Lipinski definition) is 1. The predicted molar refractivity (Wildman–Crippen MR) is 71.8 cm³/mol. The Balaban J connectivity index is 0.00000106. The summed E-state index contributed by atoms with van der Waals surface area (Å²) in [5, 5.41) is 10.1. The Morgan fingerprint density at radius 1 is 1.19 bits per heavy atom. The lowest BCUT2D eigenvalue weighted by atomic mass is 10.1. The second kappa shape index (κ2) is 6.64. The van der Waals surface area contributed by atoms with Crippen molar-refractivity contribution in [1.82, 2.24) is 9.78 Å². The number of aromatic nitrogens is 2. The maximum absolute atomic E-state index is 13.7. The van der Waals surface area contributed by atoms with Gasteiger partial charge in [0.1, 0.15) is 11.5 Å². The van der Waals surface area contributed by atoms with Crippen molar-refractivity contribution in [2.24, 2.45) is 7.05 Å². The van der Waals surface area contributed by atoms with E-state index >= 15 is 0 Å². The first-order valence-corrected chi connectivity index (χ1v) is 6.17. The minimum Gasteiger partial charge on any atom is -0.400 e. The quantitative estimate of drug-likeness (QED) is 0.789. The molecule has 1 aromatic carbocycles. The SMILES string of the molecule is CO.Cn1nc(-c2ccc(Cl)cc2F)c(Cl)c1C(F)(F)F. The molecule has 3 nitrogen and oxygen atoms in total. The summed E-state index contributed by atoms with van der Waals surface area (Å²) in [6.07, 6.45) is -4.67. The van der Waals surface area contributed by atoms with Gasteiger partial charge in [0, 0.05) is 24.7 Å². The van der Waals surface area contributed by atoms with Crippen LogP contribution < -0.4 is 0 Å². The van der Waals surface area contributed by atoms with Gasteiger partial charge in [-0.15, -0.1) is 0 Å². The van der Waals surface area contributed by atoms with Crippen LogP contribution in [0.5, 0.6) is 0 Å². The highest BCUT2D eigenvalue weighted by molar-refractivity contribution is 6.34. The Morgan fingerprint density at radius 3 is 2.19 bits per heavy atom. The highest BCUT2D eigenvalue weighted by atomic mass is 35.5. The summed E-state index contributed by atoms with van der Waals surface area (Å²) < 4.78 is 52.5. The van der Waals surface area contributed by atoms with Crippen molar-refractivity contribution < 1.29 is 22.7 Å². The third kappa shape index (κ3) is 3.66. The number of nitrogens with zero attached hydrogens (tertiary/aromatic N) is 2. The number of rotatable bonds is 1. The third-order valence-corrected chi connectivity index (χ3v) is 3.04. The minimum atomic E-state index is -4.67. The summed E-state index contributed by atoms with van der Waals surface area (Å²) in [4.78, 5) is 0. The highest BCUT2D eigenvalue weighted by Gasteiger charge is 2.39. The molecule has 0 atom stereocenters. The Labute approximate surface area is 127 Å². The lowest BCUT2D eigenvalue weighted by molar-refractivity contribution is -0.143. The van der Waals surface area contributed by atoms with Crippen LogP contribution in [0.1, 0.15) is 5.69 Å². The Hall–Kier alpha value is -1.31. The van der Waals surface area contributed by atoms with E-state index in [4.69, 9.17) is 28.3 Å². The summed E-state index contributed by atoms with van der Waals surface area (Å²) in [6.45, 7) is 0. The van der Waals surface area contributed by atoms with Crippen molar-refractivity contribution in [2.75, 3.05) is 7.11 Å². The molecule has 2 rings (SSSR count). The van der Waals surface area contributed by atoms with Gasteiger partial charge in [-0.1, -0.05) is 23.2 Å². The molecule has 1 heterocycles. The van der Waals surface area contributed by atoms with Crippen molar-refractivity contribution in [3.05, 3.63) is 39.8 Å². The molecule has 0 amide bonds. The van der Waals surface area contributed by atoms with E-state index in [0.717, 1.165) is 20.2 Å². The van der Waals surface area contributed by atoms with Crippen LogP contribution in [-0.2, 0) is 13.2 Å². The summed E-state index contributed by atoms with van der Waals surface area (Å²) in [5.74, 6) is -0.791. The second-order valence-corrected chi connectivity index (χ2v) is 4.57. The van der Waals surface area contributed by atoms with Gasteiger partial charge >= 0.3 is 6.18 Å². The molecule has 0 aliphatic heterocycles. The van der Waals surface area contributed by atoms with E-state index in [0.29, 0.717) is 4.68 Å². The number of aryl methyl sites for hydroxylation is 1. The van der Waals surface area contributed by atoms with Crippen LogP contribution in [0.2, 0.25) is 10.0 Å². The van der Waals surface area contributed by atoms with Gasteiger partial charge in [-0.25, -0.2) is 4.39 Å². The smallest absolute Gasteiger partial charge is 0.400 e. The van der Waals surface area contributed by atoms with Gasteiger partial charge in [0.15, 0.2) is 5.69 Å². The van der Waals surface area contributed by atoms with Crippen LogP contribution in [0, 0.1) is 5.82 Å². The van der Waals surface area contributed by atoms with Gasteiger partial charge < -0.3 is 5.11 Å². The van der Waals surface area contributed by atoms with Crippen LogP contribution in [0.3, 0.4) is 0 Å². The van der Waals surface area contributed by atoms with E-state index in [1.165, 1.54) is 12.1 Å². The van der Waals surface area contributed by atoms with Crippen LogP contribution in [0.25, 0.3) is 11.3 Å². The van der Waals surface area contributed by atoms with Crippen molar-refractivity contribution in [3.63, 3.8) is 0 Å². The third-order valence-electron chi connectivity index (χ3n) is 2.44. The van der Waals surface area contributed by atoms with Gasteiger partial charge in [-0.05, 0) is 18.2 Å². The average Bonchev–Trinajstić information content (AvgIpc) is 2.66. The Bertz CT molecular complexity index is 641. The molecule has 0 fully saturated rings. The molecule has 2 aromatic rings. The first kappa shape index (κ1) is 17.7. The zero-order valence-electron chi connectivity index (χ0n) is 10.8. The molecular formula is C12H10Cl2F4N2O. The fourth-order valence-electron chi connectivity index (χ4n) is 1.66. The molecule has 0 spiro atoms. The average molecular weight is 345 g/mol. The van der Waals surface area contributed by atoms with Gasteiger partial charge in [0.25, 0.3) is 0 Å². The fourth-order valence-corrected chi connectivity index (χ4v) is 2.19. The van der Waals surface area contributed by atoms with Crippen molar-refractivity contribution in [1.29, 1.82) is 0 Å². The molecule has 0 bridgehead atoms. The molecule has 1 aromatic heterocycles. The van der Waals surface area contributed by atoms with Crippen LogP contribution in [0.15, 0.2) is 18.2 Å². The van der Waals surface area contributed by atoms with Gasteiger partial charge in [0.05, 0.1) is 5.02 Å². The first-order chi connectivity index (χ1) is 9.71. The lowest BCUT2D eigenvalue weighted by Gasteiger charge is -2.06. The molecule has 1 N–H and O–H groups in total. The van der Waals surface area contributed by atoms with Gasteiger partial charge in [0.2, 0.25) is 0 Å². The molecule has 116 valence electrons. The van der Waals surface area contributed by atoms with Crippen LogP contribution in [-0.4, -0.2) is 22.0 Å². The number of halogens is 6. The summed E-state index contributed by atoms with van der Waals surface area (Å²) in [5.41, 5.74) is -1.54. The maximum Gasteiger partial charge on any atom is 0.434 e. The number of aliphatic hydroxyl groups is 1. The standard InChI is InChI=1S/C11H6Cl2F4N2.CH4O/c1-19-10(11(15,16)17)8(13)9(18-19)6-3-2-5(12)4-7(6)14;1-2/h2-4H,1H3;2H,1H3. The second-order valence-electron chi connectivity index (χ2n) is 3.76. The topological polar surface area (TPSA) is 38.0 Å².